The highest BCUT2D eigenvalue weighted by Crippen LogP contribution is 2.32. The van der Waals surface area contributed by atoms with Crippen LogP contribution in [0.25, 0.3) is 39.4 Å². The maximum atomic E-state index is 6.26. The molecule has 1 saturated heterocycles. The largest absolute Gasteiger partial charge is 0.383 e. The van der Waals surface area contributed by atoms with Crippen LogP contribution in [0.15, 0.2) is 85.2 Å². The fourth-order valence-electron chi connectivity index (χ4n) is 4.62. The van der Waals surface area contributed by atoms with E-state index >= 15 is 0 Å². The second-order valence-corrected chi connectivity index (χ2v) is 8.42. The standard InChI is InChI=1S/C27H24N6/c28-25-23(7-4-13-30-25)26-32-24-15-21(18-5-2-1-3-6-18)17-31-27(24)33(26)22-10-8-19(9-11-22)20-12-14-29-16-20/h1-11,13,15,17,20,29H,12,14,16H2,(H2,28,30). The molecule has 1 aliphatic heterocycles. The third-order valence-corrected chi connectivity index (χ3v) is 6.37. The van der Waals surface area contributed by atoms with Crippen molar-refractivity contribution in [1.82, 2.24) is 24.8 Å². The van der Waals surface area contributed by atoms with Crippen LogP contribution in [0.1, 0.15) is 17.9 Å². The van der Waals surface area contributed by atoms with Crippen LogP contribution in [0.4, 0.5) is 5.82 Å². The molecule has 4 heterocycles. The van der Waals surface area contributed by atoms with Gasteiger partial charge in [0, 0.05) is 30.2 Å². The first-order valence-corrected chi connectivity index (χ1v) is 11.2. The van der Waals surface area contributed by atoms with Crippen molar-refractivity contribution in [3.05, 3.63) is 90.8 Å². The monoisotopic (exact) mass is 432 g/mol. The van der Waals surface area contributed by atoms with E-state index in [0.717, 1.165) is 52.5 Å². The molecule has 2 aromatic carbocycles. The van der Waals surface area contributed by atoms with Gasteiger partial charge in [-0.2, -0.15) is 0 Å². The summed E-state index contributed by atoms with van der Waals surface area (Å²) in [4.78, 5) is 14.1. The molecule has 6 heteroatoms. The molecule has 162 valence electrons. The Hall–Kier alpha value is -4.03. The van der Waals surface area contributed by atoms with Gasteiger partial charge in [0.25, 0.3) is 0 Å². The van der Waals surface area contributed by atoms with Crippen LogP contribution in [-0.4, -0.2) is 32.6 Å². The number of fused-ring (bicyclic) bond motifs is 1. The first-order chi connectivity index (χ1) is 16.3. The van der Waals surface area contributed by atoms with E-state index in [9.17, 15) is 0 Å². The molecule has 0 spiro atoms. The summed E-state index contributed by atoms with van der Waals surface area (Å²) in [6, 6.07) is 24.9. The lowest BCUT2D eigenvalue weighted by molar-refractivity contribution is 0.763. The Bertz CT molecular complexity index is 1420. The van der Waals surface area contributed by atoms with E-state index in [-0.39, 0.29) is 0 Å². The normalized spacial score (nSPS) is 15.8. The molecule has 0 amide bonds. The second-order valence-electron chi connectivity index (χ2n) is 8.42. The molecular formula is C27H24N6. The van der Waals surface area contributed by atoms with Crippen LogP contribution < -0.4 is 11.1 Å². The van der Waals surface area contributed by atoms with E-state index in [1.165, 1.54) is 12.0 Å². The minimum atomic E-state index is 0.450. The summed E-state index contributed by atoms with van der Waals surface area (Å²) >= 11 is 0. The number of hydrogen-bond donors (Lipinski definition) is 2. The van der Waals surface area contributed by atoms with Crippen molar-refractivity contribution in [3.63, 3.8) is 0 Å². The summed E-state index contributed by atoms with van der Waals surface area (Å²) in [5, 5.41) is 3.45. The minimum absolute atomic E-state index is 0.450. The van der Waals surface area contributed by atoms with Gasteiger partial charge >= 0.3 is 0 Å². The van der Waals surface area contributed by atoms with Gasteiger partial charge in [-0.1, -0.05) is 42.5 Å². The highest BCUT2D eigenvalue weighted by molar-refractivity contribution is 5.85. The Morgan fingerprint density at radius 1 is 0.909 bits per heavy atom. The van der Waals surface area contributed by atoms with Crippen molar-refractivity contribution >= 4 is 17.0 Å². The molecule has 0 aliphatic carbocycles. The van der Waals surface area contributed by atoms with Gasteiger partial charge in [0.15, 0.2) is 11.5 Å². The molecule has 3 aromatic heterocycles. The number of aromatic nitrogens is 4. The summed E-state index contributed by atoms with van der Waals surface area (Å²) in [5.41, 5.74) is 13.2. The number of benzene rings is 2. The van der Waals surface area contributed by atoms with Crippen molar-refractivity contribution in [2.45, 2.75) is 12.3 Å². The van der Waals surface area contributed by atoms with Crippen LogP contribution in [0.3, 0.4) is 0 Å². The molecule has 1 atom stereocenters. The fraction of sp³-hybridized carbons (Fsp3) is 0.148. The van der Waals surface area contributed by atoms with Gasteiger partial charge in [-0.15, -0.1) is 0 Å². The van der Waals surface area contributed by atoms with Gasteiger partial charge in [-0.3, -0.25) is 4.57 Å². The van der Waals surface area contributed by atoms with Crippen LogP contribution in [-0.2, 0) is 0 Å². The van der Waals surface area contributed by atoms with Gasteiger partial charge in [0.05, 0.1) is 5.56 Å². The van der Waals surface area contributed by atoms with E-state index < -0.39 is 0 Å². The molecular weight excluding hydrogens is 408 g/mol. The predicted octanol–water partition coefficient (Wildman–Crippen LogP) is 4.81. The number of nitrogens with one attached hydrogen (secondary N) is 1. The number of nitrogens with two attached hydrogens (primary N) is 1. The van der Waals surface area contributed by atoms with Gasteiger partial charge < -0.3 is 11.1 Å². The highest BCUT2D eigenvalue weighted by atomic mass is 15.1. The number of pyridine rings is 2. The summed E-state index contributed by atoms with van der Waals surface area (Å²) in [5.74, 6) is 1.76. The Kier molecular flexibility index (Phi) is 4.85. The van der Waals surface area contributed by atoms with E-state index in [2.05, 4.69) is 57.3 Å². The predicted molar refractivity (Wildman–Crippen MR) is 132 cm³/mol. The molecule has 6 nitrogen and oxygen atoms in total. The molecule has 1 fully saturated rings. The Morgan fingerprint density at radius 2 is 1.76 bits per heavy atom. The first kappa shape index (κ1) is 19.6. The third kappa shape index (κ3) is 3.54. The number of imidazole rings is 1. The zero-order valence-electron chi connectivity index (χ0n) is 18.1. The average Bonchev–Trinajstić information content (AvgIpc) is 3.53. The van der Waals surface area contributed by atoms with E-state index in [1.54, 1.807) is 6.20 Å². The zero-order chi connectivity index (χ0) is 22.2. The van der Waals surface area contributed by atoms with Crippen molar-refractivity contribution in [2.75, 3.05) is 18.8 Å². The molecule has 0 bridgehead atoms. The molecule has 0 saturated carbocycles. The molecule has 0 radical (unpaired) electrons. The van der Waals surface area contributed by atoms with E-state index in [4.69, 9.17) is 15.7 Å². The SMILES string of the molecule is Nc1ncccc1-c1nc2cc(-c3ccccc3)cnc2n1-c1ccc(C2CCNC2)cc1. The maximum Gasteiger partial charge on any atom is 0.164 e. The van der Waals surface area contributed by atoms with Crippen molar-refractivity contribution in [2.24, 2.45) is 0 Å². The fourth-order valence-corrected chi connectivity index (χ4v) is 4.62. The molecule has 5 aromatic rings. The lowest BCUT2D eigenvalue weighted by Gasteiger charge is -2.13. The number of anilines is 1. The average molecular weight is 433 g/mol. The summed E-state index contributed by atoms with van der Waals surface area (Å²) in [7, 11) is 0. The molecule has 33 heavy (non-hydrogen) atoms. The van der Waals surface area contributed by atoms with Gasteiger partial charge in [-0.25, -0.2) is 15.0 Å². The van der Waals surface area contributed by atoms with Crippen LogP contribution in [0.2, 0.25) is 0 Å². The number of rotatable bonds is 4. The maximum absolute atomic E-state index is 6.26. The van der Waals surface area contributed by atoms with Gasteiger partial charge in [0.1, 0.15) is 11.3 Å². The smallest absolute Gasteiger partial charge is 0.164 e. The summed E-state index contributed by atoms with van der Waals surface area (Å²) in [6.07, 6.45) is 4.78. The Balaban J connectivity index is 1.52. The quantitative estimate of drug-likeness (QED) is 0.426. The summed E-state index contributed by atoms with van der Waals surface area (Å²) in [6.45, 7) is 2.12. The lowest BCUT2D eigenvalue weighted by Crippen LogP contribution is -2.08. The highest BCUT2D eigenvalue weighted by Gasteiger charge is 2.20. The third-order valence-electron chi connectivity index (χ3n) is 6.37. The van der Waals surface area contributed by atoms with Crippen molar-refractivity contribution < 1.29 is 0 Å². The second kappa shape index (κ2) is 8.15. The summed E-state index contributed by atoms with van der Waals surface area (Å²) < 4.78 is 2.08. The van der Waals surface area contributed by atoms with Crippen molar-refractivity contribution in [3.8, 4) is 28.2 Å². The first-order valence-electron chi connectivity index (χ1n) is 11.2. The molecule has 6 rings (SSSR count). The Labute approximate surface area is 192 Å². The van der Waals surface area contributed by atoms with Crippen LogP contribution in [0, 0.1) is 0 Å². The number of nitrogen functional groups attached to an aromatic ring is 1. The molecule has 1 unspecified atom stereocenters. The van der Waals surface area contributed by atoms with Crippen LogP contribution in [0.5, 0.6) is 0 Å². The van der Waals surface area contributed by atoms with E-state index in [1.807, 2.05) is 36.5 Å². The van der Waals surface area contributed by atoms with Gasteiger partial charge in [0.2, 0.25) is 0 Å². The minimum Gasteiger partial charge on any atom is -0.383 e. The van der Waals surface area contributed by atoms with Gasteiger partial charge in [-0.05, 0) is 60.3 Å². The Morgan fingerprint density at radius 3 is 2.52 bits per heavy atom. The molecule has 1 aliphatic rings. The molecule has 3 N–H and O–H groups in total. The van der Waals surface area contributed by atoms with E-state index in [0.29, 0.717) is 11.7 Å². The number of nitrogens with zero attached hydrogens (tertiary/aromatic N) is 4. The van der Waals surface area contributed by atoms with Crippen molar-refractivity contribution in [1.29, 1.82) is 0 Å². The lowest BCUT2D eigenvalue weighted by atomic mass is 9.98. The zero-order valence-corrected chi connectivity index (χ0v) is 18.1. The topological polar surface area (TPSA) is 81.7 Å². The number of hydrogen-bond acceptors (Lipinski definition) is 5. The van der Waals surface area contributed by atoms with Crippen LogP contribution >= 0.6 is 0 Å².